The number of ether oxygens (including phenoxy) is 1. The number of hydrogen-bond donors (Lipinski definition) is 2. The Labute approximate surface area is 103 Å². The molecule has 1 aromatic heterocycles. The Morgan fingerprint density at radius 1 is 1.35 bits per heavy atom. The maximum Gasteiger partial charge on any atom is 0.224 e. The third kappa shape index (κ3) is 4.56. The highest BCUT2D eigenvalue weighted by molar-refractivity contribution is 5.43. The van der Waals surface area contributed by atoms with Crippen molar-refractivity contribution in [1.29, 1.82) is 0 Å². The van der Waals surface area contributed by atoms with Gasteiger partial charge in [0, 0.05) is 25.4 Å². The largest absolute Gasteiger partial charge is 0.382 e. The van der Waals surface area contributed by atoms with Crippen LogP contribution in [0, 0.1) is 6.92 Å². The number of anilines is 2. The Morgan fingerprint density at radius 2 is 2.06 bits per heavy atom. The summed E-state index contributed by atoms with van der Waals surface area (Å²) in [5.41, 5.74) is 0.783. The predicted octanol–water partition coefficient (Wildman–Crippen LogP) is 2.05. The van der Waals surface area contributed by atoms with Gasteiger partial charge in [-0.05, 0) is 27.7 Å². The van der Waals surface area contributed by atoms with Crippen molar-refractivity contribution in [1.82, 2.24) is 9.97 Å². The van der Waals surface area contributed by atoms with Crippen molar-refractivity contribution < 1.29 is 4.74 Å². The molecule has 0 aliphatic heterocycles. The maximum absolute atomic E-state index is 5.17. The SMILES string of the molecule is CCNc1nc(C)cc(NC(C)(C)COC)n1. The third-order valence-corrected chi connectivity index (χ3v) is 2.16. The Kier molecular flexibility index (Phi) is 4.69. The molecule has 0 spiro atoms. The summed E-state index contributed by atoms with van der Waals surface area (Å²) in [7, 11) is 1.69. The van der Waals surface area contributed by atoms with Crippen molar-refractivity contribution in [3.8, 4) is 0 Å². The molecule has 1 rings (SSSR count). The molecule has 0 radical (unpaired) electrons. The summed E-state index contributed by atoms with van der Waals surface area (Å²) >= 11 is 0. The van der Waals surface area contributed by atoms with E-state index in [1.54, 1.807) is 7.11 Å². The Bertz CT molecular complexity index is 366. The standard InChI is InChI=1S/C12H22N4O/c1-6-13-11-14-9(2)7-10(15-11)16-12(3,4)8-17-5/h7H,6,8H2,1-5H3,(H2,13,14,15,16). The molecule has 0 bridgehead atoms. The fraction of sp³-hybridized carbons (Fsp3) is 0.667. The van der Waals surface area contributed by atoms with Crippen molar-refractivity contribution >= 4 is 11.8 Å². The molecule has 0 aliphatic carbocycles. The zero-order chi connectivity index (χ0) is 12.9. The number of rotatable bonds is 6. The molecule has 0 amide bonds. The third-order valence-electron chi connectivity index (χ3n) is 2.16. The molecule has 0 fully saturated rings. The van der Waals surface area contributed by atoms with Gasteiger partial charge in [-0.1, -0.05) is 0 Å². The van der Waals surface area contributed by atoms with Gasteiger partial charge >= 0.3 is 0 Å². The summed E-state index contributed by atoms with van der Waals surface area (Å²) in [5.74, 6) is 1.47. The van der Waals surface area contributed by atoms with E-state index in [-0.39, 0.29) is 5.54 Å². The summed E-state index contributed by atoms with van der Waals surface area (Å²) in [4.78, 5) is 8.71. The first-order valence-electron chi connectivity index (χ1n) is 5.83. The van der Waals surface area contributed by atoms with Crippen LogP contribution in [0.15, 0.2) is 6.07 Å². The average molecular weight is 238 g/mol. The van der Waals surface area contributed by atoms with Crippen LogP contribution in [0.25, 0.3) is 0 Å². The van der Waals surface area contributed by atoms with Crippen LogP contribution in [0.3, 0.4) is 0 Å². The quantitative estimate of drug-likeness (QED) is 0.794. The van der Waals surface area contributed by atoms with E-state index in [0.717, 1.165) is 18.1 Å². The topological polar surface area (TPSA) is 59.1 Å². The Morgan fingerprint density at radius 3 is 2.65 bits per heavy atom. The van der Waals surface area contributed by atoms with Gasteiger partial charge < -0.3 is 15.4 Å². The van der Waals surface area contributed by atoms with Crippen LogP contribution in [0.2, 0.25) is 0 Å². The molecule has 0 unspecified atom stereocenters. The van der Waals surface area contributed by atoms with Gasteiger partial charge in [0.05, 0.1) is 12.1 Å². The van der Waals surface area contributed by atoms with Crippen LogP contribution in [0.5, 0.6) is 0 Å². The molecule has 0 atom stereocenters. The minimum atomic E-state index is -0.154. The molecule has 5 heteroatoms. The smallest absolute Gasteiger partial charge is 0.224 e. The van der Waals surface area contributed by atoms with Crippen LogP contribution in [-0.2, 0) is 4.74 Å². The zero-order valence-electron chi connectivity index (χ0n) is 11.3. The molecule has 1 aromatic rings. The molecule has 0 aromatic carbocycles. The van der Waals surface area contributed by atoms with Gasteiger partial charge in [-0.15, -0.1) is 0 Å². The van der Waals surface area contributed by atoms with Crippen molar-refractivity contribution in [3.63, 3.8) is 0 Å². The highest BCUT2D eigenvalue weighted by atomic mass is 16.5. The summed E-state index contributed by atoms with van der Waals surface area (Å²) < 4.78 is 5.17. The number of aryl methyl sites for hydroxylation is 1. The van der Waals surface area contributed by atoms with E-state index in [4.69, 9.17) is 4.74 Å². The molecular weight excluding hydrogens is 216 g/mol. The molecule has 17 heavy (non-hydrogen) atoms. The van der Waals surface area contributed by atoms with Gasteiger partial charge in [0.2, 0.25) is 5.95 Å². The van der Waals surface area contributed by atoms with E-state index in [2.05, 4.69) is 34.4 Å². The lowest BCUT2D eigenvalue weighted by Crippen LogP contribution is -2.36. The van der Waals surface area contributed by atoms with Gasteiger partial charge in [-0.2, -0.15) is 4.98 Å². The molecule has 0 aliphatic rings. The summed E-state index contributed by atoms with van der Waals surface area (Å²) in [6, 6.07) is 1.93. The first-order valence-corrected chi connectivity index (χ1v) is 5.83. The monoisotopic (exact) mass is 238 g/mol. The Balaban J connectivity index is 2.83. The lowest BCUT2D eigenvalue weighted by molar-refractivity contribution is 0.158. The van der Waals surface area contributed by atoms with Crippen molar-refractivity contribution in [2.24, 2.45) is 0 Å². The number of nitrogens with zero attached hydrogens (tertiary/aromatic N) is 2. The van der Waals surface area contributed by atoms with Crippen LogP contribution in [0.4, 0.5) is 11.8 Å². The molecule has 0 saturated heterocycles. The van der Waals surface area contributed by atoms with E-state index < -0.39 is 0 Å². The fourth-order valence-electron chi connectivity index (χ4n) is 1.61. The second kappa shape index (κ2) is 5.82. The van der Waals surface area contributed by atoms with Gasteiger partial charge in [-0.3, -0.25) is 0 Å². The van der Waals surface area contributed by atoms with Gasteiger partial charge in [0.25, 0.3) is 0 Å². The zero-order valence-corrected chi connectivity index (χ0v) is 11.3. The minimum absolute atomic E-state index is 0.154. The number of methoxy groups -OCH3 is 1. The van der Waals surface area contributed by atoms with E-state index in [9.17, 15) is 0 Å². The van der Waals surface area contributed by atoms with E-state index >= 15 is 0 Å². The van der Waals surface area contributed by atoms with Crippen LogP contribution >= 0.6 is 0 Å². The predicted molar refractivity (Wildman–Crippen MR) is 70.5 cm³/mol. The van der Waals surface area contributed by atoms with E-state index in [1.165, 1.54) is 0 Å². The van der Waals surface area contributed by atoms with Crippen molar-refractivity contribution in [2.75, 3.05) is 30.9 Å². The van der Waals surface area contributed by atoms with E-state index in [0.29, 0.717) is 12.6 Å². The fourth-order valence-corrected chi connectivity index (χ4v) is 1.61. The van der Waals surface area contributed by atoms with Gasteiger partial charge in [-0.25, -0.2) is 4.98 Å². The van der Waals surface area contributed by atoms with Crippen LogP contribution in [-0.4, -0.2) is 35.8 Å². The first kappa shape index (κ1) is 13.7. The highest BCUT2D eigenvalue weighted by Gasteiger charge is 2.18. The van der Waals surface area contributed by atoms with Gasteiger partial charge in [0.15, 0.2) is 0 Å². The number of aromatic nitrogens is 2. The van der Waals surface area contributed by atoms with Crippen molar-refractivity contribution in [2.45, 2.75) is 33.2 Å². The molecule has 2 N–H and O–H groups in total. The Hall–Kier alpha value is -1.36. The van der Waals surface area contributed by atoms with Crippen LogP contribution in [0.1, 0.15) is 26.5 Å². The minimum Gasteiger partial charge on any atom is -0.382 e. The lowest BCUT2D eigenvalue weighted by Gasteiger charge is -2.26. The molecule has 1 heterocycles. The van der Waals surface area contributed by atoms with E-state index in [1.807, 2.05) is 19.9 Å². The number of nitrogens with one attached hydrogen (secondary N) is 2. The molecule has 0 saturated carbocycles. The van der Waals surface area contributed by atoms with Gasteiger partial charge in [0.1, 0.15) is 5.82 Å². The summed E-state index contributed by atoms with van der Waals surface area (Å²) in [6.45, 7) is 9.54. The molecule has 96 valence electrons. The normalized spacial score (nSPS) is 11.4. The maximum atomic E-state index is 5.17. The number of hydrogen-bond acceptors (Lipinski definition) is 5. The first-order chi connectivity index (χ1) is 7.96. The summed E-state index contributed by atoms with van der Waals surface area (Å²) in [6.07, 6.45) is 0. The summed E-state index contributed by atoms with van der Waals surface area (Å²) in [5, 5.41) is 6.46. The second-order valence-electron chi connectivity index (χ2n) is 4.69. The molecule has 5 nitrogen and oxygen atoms in total. The second-order valence-corrected chi connectivity index (χ2v) is 4.69. The molecular formula is C12H22N4O. The van der Waals surface area contributed by atoms with Crippen molar-refractivity contribution in [3.05, 3.63) is 11.8 Å². The van der Waals surface area contributed by atoms with Crippen LogP contribution < -0.4 is 10.6 Å². The average Bonchev–Trinajstić information content (AvgIpc) is 2.15. The highest BCUT2D eigenvalue weighted by Crippen LogP contribution is 2.15. The lowest BCUT2D eigenvalue weighted by atomic mass is 10.1.